The smallest absolute Gasteiger partial charge is 0.340 e. The van der Waals surface area contributed by atoms with E-state index in [4.69, 9.17) is 32.1 Å². The number of esters is 1. The predicted molar refractivity (Wildman–Crippen MR) is 455 cm³/mol. The van der Waals surface area contributed by atoms with Gasteiger partial charge in [0.15, 0.2) is 11.6 Å². The third kappa shape index (κ3) is 30.5. The van der Waals surface area contributed by atoms with Gasteiger partial charge < -0.3 is 137 Å². The number of hydrazine groups is 1. The number of nitrogens with zero attached hydrogens (tertiary/aromatic N) is 1. The lowest BCUT2D eigenvalue weighted by Gasteiger charge is -2.36. The van der Waals surface area contributed by atoms with Crippen molar-refractivity contribution in [3.8, 4) is 23.0 Å². The van der Waals surface area contributed by atoms with E-state index in [2.05, 4.69) is 89.7 Å². The summed E-state index contributed by atoms with van der Waals surface area (Å²) in [4.78, 5) is 286. The second-order valence-corrected chi connectivity index (χ2v) is 31.4. The summed E-state index contributed by atoms with van der Waals surface area (Å²) < 4.78 is 12.1. The van der Waals surface area contributed by atoms with Crippen LogP contribution in [-0.4, -0.2) is 258 Å². The second-order valence-electron chi connectivity index (χ2n) is 31.4. The number of carbonyl (C=O) groups excluding carboxylic acids is 18. The number of nitrogens with two attached hydrogens (primary N) is 3. The molecule has 4 aromatic rings. The fourth-order valence-corrected chi connectivity index (χ4v) is 13.2. The van der Waals surface area contributed by atoms with E-state index in [1.165, 1.54) is 102 Å². The van der Waals surface area contributed by atoms with E-state index < -0.39 is 265 Å². The van der Waals surface area contributed by atoms with Crippen LogP contribution >= 0.6 is 0 Å². The van der Waals surface area contributed by atoms with Crippen molar-refractivity contribution in [2.45, 2.75) is 217 Å². The summed E-state index contributed by atoms with van der Waals surface area (Å²) in [6.07, 6.45) is -2.22. The number of carboxylic acids is 3. The first kappa shape index (κ1) is 105. The zero-order chi connectivity index (χ0) is 98.5. The number of carboxylic acid groups (broad SMARTS) is 3. The topological polar surface area (TPSA) is 813 Å². The summed E-state index contributed by atoms with van der Waals surface area (Å²) in [5.41, 5.74) is 19.2. The van der Waals surface area contributed by atoms with Gasteiger partial charge in [-0.1, -0.05) is 40.2 Å². The van der Waals surface area contributed by atoms with E-state index in [-0.39, 0.29) is 90.0 Å². The second kappa shape index (κ2) is 48.4. The standard InChI is InChI=1S/C81H109N23O28/c1-10-35(4)63(76(126)100-54(30-58(83)108)74(124)98-50(20-23-60(110)111)71(121)91-36(5)64(114)88-32-59(109)95-52(77(127)128)12-11-25-87-79(84)85)102-72(122)51(21-24-61(112)113)96-66(116)39(8)94-80(130)104-103-68(118)40(9)90-65(115)37(6)93-73(123)53(27-42-31-86-33-89-42)99-75(125)62(34(2)3)101-67(117)38(7)92-70(120)49(19-22-57(82)107)97-69(119)41-13-16-46-45(26-41)78(129)132-81(46)47-17-14-43(105)28-55(47)131-56-29-44(106)15-18-48(56)81/h13-18,26,28-29,31,33-40,49-54,62-63,105-106H,10-12,19-25,27,30,32H2,1-9H3,(H2,82,107)(H2,83,108)(H,86,89)(H,88,114)(H,90,115)(H,91,121)(H,92,120)(H,93,123)(H,95,109)(H,96,116)(H,97,119)(H,98,124)(H,99,125)(H,100,126)(H,101,117)(H,102,122)(H,103,118)(H,110,111)(H,112,113)(H,127,128)(H4,84,85,87)(H2,94,104,130)/t35-,36-,37-,38-,39-,40-,49-,50-,51-,52-,53-,54-,62-,63-/m0/s1. The number of aromatic nitrogens is 2. The molecule has 132 heavy (non-hydrogen) atoms. The minimum absolute atomic E-state index is 0.0797. The molecule has 3 aromatic carbocycles. The fourth-order valence-electron chi connectivity index (χ4n) is 13.2. The predicted octanol–water partition coefficient (Wildman–Crippen LogP) is -6.10. The average Bonchev–Trinajstić information content (AvgIpc) is 1.53. The average molecular weight is 1850 g/mol. The molecule has 2 aliphatic heterocycles. The van der Waals surface area contributed by atoms with Gasteiger partial charge in [-0.3, -0.25) is 97.1 Å². The molecule has 2 aliphatic rings. The molecule has 0 bridgehead atoms. The number of primary amides is 2. The number of H-pyrrole nitrogens is 1. The first-order valence-electron chi connectivity index (χ1n) is 41.3. The maximum Gasteiger partial charge on any atom is 0.340 e. The highest BCUT2D eigenvalue weighted by Gasteiger charge is 2.54. The van der Waals surface area contributed by atoms with Gasteiger partial charge in [-0.05, 0) is 115 Å². The maximum absolute atomic E-state index is 14.2. The number of nitrogens with one attached hydrogen (secondary N) is 19. The Morgan fingerprint density at radius 1 is 0.477 bits per heavy atom. The van der Waals surface area contributed by atoms with Crippen LogP contribution in [-0.2, 0) is 103 Å². The van der Waals surface area contributed by atoms with Crippen molar-refractivity contribution >= 4 is 130 Å². The molecular weight excluding hydrogens is 1740 g/mol. The van der Waals surface area contributed by atoms with Gasteiger partial charge in [-0.25, -0.2) is 24.8 Å². The van der Waals surface area contributed by atoms with E-state index in [0.29, 0.717) is 11.1 Å². The van der Waals surface area contributed by atoms with Crippen LogP contribution in [0.2, 0.25) is 0 Å². The summed E-state index contributed by atoms with van der Waals surface area (Å²) in [6.45, 7) is 11.2. The molecule has 51 nitrogen and oxygen atoms in total. The zero-order valence-electron chi connectivity index (χ0n) is 73.0. The molecule has 0 unspecified atom stereocenters. The number of phenols is 2. The summed E-state index contributed by atoms with van der Waals surface area (Å²) in [7, 11) is 0. The van der Waals surface area contributed by atoms with Crippen molar-refractivity contribution in [1.29, 1.82) is 5.41 Å². The number of guanidine groups is 1. The van der Waals surface area contributed by atoms with Crippen molar-refractivity contribution in [2.24, 2.45) is 29.0 Å². The van der Waals surface area contributed by atoms with Crippen LogP contribution in [0.5, 0.6) is 23.0 Å². The van der Waals surface area contributed by atoms with Crippen LogP contribution < -0.4 is 113 Å². The van der Waals surface area contributed by atoms with Crippen LogP contribution in [0.4, 0.5) is 4.79 Å². The number of amides is 18. The SMILES string of the molecule is CC[C@H](C)[C@H](NC(=O)[C@H](CCC(=O)O)NC(=O)[C@H](C)NC(=O)NNC(=O)[C@H](C)NC(=O)[C@H](C)NC(=O)[C@H](Cc1c[nH]cn1)NC(=O)[C@@H](NC(=O)[C@H](C)NC(=O)[C@H](CCC(N)=O)NC(=O)c1ccc2c(c1)C(=O)OC21c2ccc(O)cc2Oc2cc(O)ccc21)C(C)C)C(=O)N[C@@H](CC(N)=O)C(=O)N[C@@H](CCC(=O)O)C(=O)N[C@@H](C)C(=O)NCC(=O)N[C@@H](CCCNC(=N)N)C(=O)O. The Kier molecular flexibility index (Phi) is 38.5. The number of ether oxygens (including phenoxy) is 2. The molecule has 0 aliphatic carbocycles. The molecule has 3 heterocycles. The van der Waals surface area contributed by atoms with Gasteiger partial charge in [0.05, 0.1) is 30.6 Å². The lowest BCUT2D eigenvalue weighted by Crippen LogP contribution is -2.61. The highest BCUT2D eigenvalue weighted by Crippen LogP contribution is 2.57. The highest BCUT2D eigenvalue weighted by molar-refractivity contribution is 6.05. The molecule has 51 heteroatoms. The minimum atomic E-state index is -1.98. The Hall–Kier alpha value is -15.8. The van der Waals surface area contributed by atoms with E-state index in [1.807, 2.05) is 10.9 Å². The number of carbonyl (C=O) groups is 21. The van der Waals surface area contributed by atoms with Crippen LogP contribution in [0.1, 0.15) is 170 Å². The Balaban J connectivity index is 1.01. The Morgan fingerprint density at radius 2 is 0.947 bits per heavy atom. The Morgan fingerprint density at radius 3 is 1.48 bits per heavy atom. The Labute approximate surface area is 752 Å². The van der Waals surface area contributed by atoms with Crippen molar-refractivity contribution < 1.29 is 136 Å². The summed E-state index contributed by atoms with van der Waals surface area (Å²) in [6, 6.07) is -9.89. The number of hydrogen-bond acceptors (Lipinski definition) is 27. The highest BCUT2D eigenvalue weighted by atomic mass is 16.6. The van der Waals surface area contributed by atoms with Gasteiger partial charge >= 0.3 is 29.9 Å². The molecule has 0 radical (unpaired) electrons. The summed E-state index contributed by atoms with van der Waals surface area (Å²) in [5, 5.41) is 91.6. The van der Waals surface area contributed by atoms with Gasteiger partial charge in [-0.2, -0.15) is 0 Å². The van der Waals surface area contributed by atoms with E-state index >= 15 is 0 Å². The number of benzene rings is 3. The lowest BCUT2D eigenvalue weighted by molar-refractivity contribution is -0.142. The number of aliphatic carboxylic acids is 3. The number of aromatic hydroxyl groups is 2. The number of aromatic amines is 1. The normalized spacial score (nSPS) is 15.1. The largest absolute Gasteiger partial charge is 0.508 e. The van der Waals surface area contributed by atoms with Crippen LogP contribution in [0.25, 0.3) is 0 Å². The number of imidazole rings is 1. The van der Waals surface area contributed by atoms with E-state index in [1.54, 1.807) is 6.92 Å². The molecule has 1 aromatic heterocycles. The van der Waals surface area contributed by atoms with E-state index in [9.17, 15) is 126 Å². The maximum atomic E-state index is 14.2. The third-order valence-corrected chi connectivity index (χ3v) is 20.7. The molecule has 14 atom stereocenters. The monoisotopic (exact) mass is 1850 g/mol. The molecule has 30 N–H and O–H groups in total. The van der Waals surface area contributed by atoms with Crippen LogP contribution in [0.3, 0.4) is 0 Å². The first-order valence-corrected chi connectivity index (χ1v) is 41.3. The Bertz CT molecular complexity index is 5000. The molecule has 1 spiro atoms. The van der Waals surface area contributed by atoms with Crippen LogP contribution in [0.15, 0.2) is 67.1 Å². The first-order chi connectivity index (χ1) is 62.0. The van der Waals surface area contributed by atoms with Crippen LogP contribution in [0, 0.1) is 17.2 Å². The molecule has 0 fully saturated rings. The lowest BCUT2D eigenvalue weighted by atomic mass is 9.77. The van der Waals surface area contributed by atoms with Gasteiger partial charge in [0.1, 0.15) is 102 Å². The van der Waals surface area contributed by atoms with Gasteiger partial charge in [-0.15, -0.1) is 0 Å². The fraction of sp³-hybridized carbons (Fsp3) is 0.469. The van der Waals surface area contributed by atoms with Crippen molar-refractivity contribution in [2.75, 3.05) is 13.1 Å². The number of fused-ring (bicyclic) bond motifs is 6. The number of rotatable bonds is 49. The van der Waals surface area contributed by atoms with E-state index in [0.717, 1.165) is 20.8 Å². The number of hydrogen-bond donors (Lipinski definition) is 27. The molecule has 6 rings (SSSR count). The van der Waals surface area contributed by atoms with Crippen molar-refractivity contribution in [3.63, 3.8) is 0 Å². The number of urea groups is 1. The molecule has 716 valence electrons. The van der Waals surface area contributed by atoms with Gasteiger partial charge in [0.2, 0.25) is 82.7 Å². The molecule has 0 saturated carbocycles. The minimum Gasteiger partial charge on any atom is -0.508 e. The quantitative estimate of drug-likeness (QED) is 0.00643. The van der Waals surface area contributed by atoms with Crippen molar-refractivity contribution in [1.82, 2.24) is 101 Å². The summed E-state index contributed by atoms with van der Waals surface area (Å²) >= 11 is 0. The molecule has 18 amide bonds. The molecular formula is C81H109N23O28. The number of phenolic OH excluding ortho intramolecular Hbond substituents is 2. The van der Waals surface area contributed by atoms with Gasteiger partial charge in [0, 0.05) is 72.8 Å². The zero-order valence-corrected chi connectivity index (χ0v) is 73.0. The third-order valence-electron chi connectivity index (χ3n) is 20.7. The molecule has 0 saturated heterocycles. The summed E-state index contributed by atoms with van der Waals surface area (Å²) in [5.74, 6) is -24.4. The van der Waals surface area contributed by atoms with Gasteiger partial charge in [0.25, 0.3) is 11.8 Å². The van der Waals surface area contributed by atoms with Crippen molar-refractivity contribution in [3.05, 3.63) is 101 Å².